The number of benzene rings is 6. The van der Waals surface area contributed by atoms with E-state index in [2.05, 4.69) is 125 Å². The smallest absolute Gasteiger partial charge is 0.0960 e. The number of aliphatic imine (C=N–C) groups is 1. The molecule has 0 unspecified atom stereocenters. The second kappa shape index (κ2) is 8.96. The van der Waals surface area contributed by atoms with E-state index < -0.39 is 0 Å². The predicted molar refractivity (Wildman–Crippen MR) is 157 cm³/mol. The molecular formula is C34H25N3. The first-order valence-corrected chi connectivity index (χ1v) is 12.6. The molecule has 3 heteroatoms. The molecule has 6 aromatic carbocycles. The van der Waals surface area contributed by atoms with Crippen molar-refractivity contribution in [2.75, 3.05) is 10.2 Å². The van der Waals surface area contributed by atoms with Gasteiger partial charge in [0.1, 0.15) is 0 Å². The average molecular weight is 476 g/mol. The minimum Gasteiger partial charge on any atom is -0.355 e. The van der Waals surface area contributed by atoms with Gasteiger partial charge < -0.3 is 10.2 Å². The normalized spacial score (nSPS) is 12.6. The Labute approximate surface area is 216 Å². The van der Waals surface area contributed by atoms with Gasteiger partial charge >= 0.3 is 0 Å². The summed E-state index contributed by atoms with van der Waals surface area (Å²) in [6, 6.07) is 45.0. The molecular weight excluding hydrogens is 450 g/mol. The number of anilines is 3. The van der Waals surface area contributed by atoms with Crippen LogP contribution in [0.1, 0.15) is 5.56 Å². The lowest BCUT2D eigenvalue weighted by atomic mass is 9.96. The van der Waals surface area contributed by atoms with Gasteiger partial charge in [0.25, 0.3) is 0 Å². The molecule has 3 nitrogen and oxygen atoms in total. The Morgan fingerprint density at radius 2 is 1.32 bits per heavy atom. The number of rotatable bonds is 4. The lowest BCUT2D eigenvalue weighted by Gasteiger charge is -2.25. The van der Waals surface area contributed by atoms with Crippen molar-refractivity contribution < 1.29 is 0 Å². The van der Waals surface area contributed by atoms with E-state index in [9.17, 15) is 0 Å². The maximum absolute atomic E-state index is 4.79. The summed E-state index contributed by atoms with van der Waals surface area (Å²) in [5.41, 5.74) is 8.06. The van der Waals surface area contributed by atoms with Crippen LogP contribution in [0.15, 0.2) is 132 Å². The second-order valence-corrected chi connectivity index (χ2v) is 9.44. The van der Waals surface area contributed by atoms with Gasteiger partial charge in [-0.3, -0.25) is 0 Å². The fraction of sp³-hybridized carbons (Fsp3) is 0.0294. The van der Waals surface area contributed by atoms with Crippen molar-refractivity contribution in [2.24, 2.45) is 4.99 Å². The summed E-state index contributed by atoms with van der Waals surface area (Å²) in [5, 5.41) is 8.57. The Morgan fingerprint density at radius 1 is 0.595 bits per heavy atom. The van der Waals surface area contributed by atoms with Gasteiger partial charge in [-0.25, -0.2) is 4.99 Å². The number of hydrogen-bond donors (Lipinski definition) is 1. The van der Waals surface area contributed by atoms with Gasteiger partial charge in [0.2, 0.25) is 0 Å². The molecule has 0 radical (unpaired) electrons. The van der Waals surface area contributed by atoms with Gasteiger partial charge in [0.05, 0.1) is 18.6 Å². The van der Waals surface area contributed by atoms with Crippen LogP contribution in [0.25, 0.3) is 32.7 Å². The quantitative estimate of drug-likeness (QED) is 0.258. The summed E-state index contributed by atoms with van der Waals surface area (Å²) in [6.07, 6.45) is 1.94. The maximum atomic E-state index is 4.79. The van der Waals surface area contributed by atoms with Gasteiger partial charge in [0, 0.05) is 28.0 Å². The molecule has 0 aromatic heterocycles. The fourth-order valence-electron chi connectivity index (χ4n) is 5.20. The van der Waals surface area contributed by atoms with Crippen LogP contribution >= 0.6 is 0 Å². The van der Waals surface area contributed by atoms with Crippen molar-refractivity contribution >= 4 is 50.6 Å². The van der Waals surface area contributed by atoms with Crippen molar-refractivity contribution in [3.8, 4) is 11.1 Å². The van der Waals surface area contributed by atoms with Crippen LogP contribution in [-0.2, 0) is 6.54 Å². The van der Waals surface area contributed by atoms with E-state index in [0.717, 1.165) is 29.3 Å². The van der Waals surface area contributed by atoms with Gasteiger partial charge in [-0.15, -0.1) is 0 Å². The first-order valence-electron chi connectivity index (χ1n) is 12.6. The van der Waals surface area contributed by atoms with Crippen LogP contribution < -0.4 is 10.2 Å². The highest BCUT2D eigenvalue weighted by Crippen LogP contribution is 2.37. The van der Waals surface area contributed by atoms with E-state index in [0.29, 0.717) is 0 Å². The number of nitrogens with one attached hydrogen (secondary N) is 1. The lowest BCUT2D eigenvalue weighted by Crippen LogP contribution is -2.23. The summed E-state index contributed by atoms with van der Waals surface area (Å²) >= 11 is 0. The fourth-order valence-corrected chi connectivity index (χ4v) is 5.20. The van der Waals surface area contributed by atoms with Crippen LogP contribution in [0.2, 0.25) is 0 Å². The number of hydrogen-bond acceptors (Lipinski definition) is 3. The Balaban J connectivity index is 1.27. The van der Waals surface area contributed by atoms with Crippen LogP contribution in [-0.4, -0.2) is 6.34 Å². The van der Waals surface area contributed by atoms with Crippen LogP contribution in [0, 0.1) is 0 Å². The molecule has 1 heterocycles. The number of fused-ring (bicyclic) bond motifs is 4. The highest BCUT2D eigenvalue weighted by atomic mass is 15.2. The zero-order valence-electron chi connectivity index (χ0n) is 20.3. The van der Waals surface area contributed by atoms with Crippen molar-refractivity contribution in [3.05, 3.63) is 133 Å². The van der Waals surface area contributed by atoms with E-state index in [1.807, 2.05) is 18.5 Å². The van der Waals surface area contributed by atoms with E-state index in [-0.39, 0.29) is 0 Å². The Kier molecular flexibility index (Phi) is 5.18. The van der Waals surface area contributed by atoms with Crippen molar-refractivity contribution in [1.82, 2.24) is 0 Å². The molecule has 0 saturated heterocycles. The van der Waals surface area contributed by atoms with Crippen LogP contribution in [0.4, 0.5) is 22.7 Å². The Hall–Kier alpha value is -4.89. The number of para-hydroxylation sites is 1. The highest BCUT2D eigenvalue weighted by Gasteiger charge is 2.17. The predicted octanol–water partition coefficient (Wildman–Crippen LogP) is 9.08. The molecule has 37 heavy (non-hydrogen) atoms. The third kappa shape index (κ3) is 4.01. The van der Waals surface area contributed by atoms with E-state index in [1.165, 1.54) is 38.2 Å². The molecule has 0 aliphatic carbocycles. The Bertz CT molecular complexity index is 1760. The summed E-state index contributed by atoms with van der Waals surface area (Å²) in [7, 11) is 0. The van der Waals surface area contributed by atoms with Gasteiger partial charge in [0.15, 0.2) is 0 Å². The molecule has 0 bridgehead atoms. The summed E-state index contributed by atoms with van der Waals surface area (Å²) in [5.74, 6) is 0. The van der Waals surface area contributed by atoms with E-state index >= 15 is 0 Å². The van der Waals surface area contributed by atoms with Crippen LogP contribution in [0.3, 0.4) is 0 Å². The monoisotopic (exact) mass is 475 g/mol. The van der Waals surface area contributed by atoms with E-state index in [4.69, 9.17) is 4.99 Å². The summed E-state index contributed by atoms with van der Waals surface area (Å²) in [6.45, 7) is 0.794. The van der Waals surface area contributed by atoms with E-state index in [1.54, 1.807) is 0 Å². The molecule has 1 N–H and O–H groups in total. The standard InChI is InChI=1S/C34H25N3/c1-3-8-24(9-4-1)25-14-17-28(18-15-25)36-34-13-7-10-26-20-27-16-19-33-32(30(27)21-31(26)34)22-37(23-35-33)29-11-5-2-6-12-29/h1-21,23,36H,22H2. The largest absolute Gasteiger partial charge is 0.355 e. The average Bonchev–Trinajstić information content (AvgIpc) is 2.97. The molecule has 0 atom stereocenters. The van der Waals surface area contributed by atoms with Gasteiger partial charge in [-0.05, 0) is 75.8 Å². The van der Waals surface area contributed by atoms with Gasteiger partial charge in [-0.2, -0.15) is 0 Å². The molecule has 0 fully saturated rings. The topological polar surface area (TPSA) is 27.6 Å². The first-order chi connectivity index (χ1) is 18.3. The zero-order valence-corrected chi connectivity index (χ0v) is 20.3. The maximum Gasteiger partial charge on any atom is 0.0960 e. The lowest BCUT2D eigenvalue weighted by molar-refractivity contribution is 1.01. The molecule has 1 aliphatic rings. The molecule has 6 aromatic rings. The third-order valence-electron chi connectivity index (χ3n) is 7.13. The molecule has 0 saturated carbocycles. The minimum absolute atomic E-state index is 0.794. The molecule has 7 rings (SSSR count). The molecule has 0 amide bonds. The minimum atomic E-state index is 0.794. The van der Waals surface area contributed by atoms with Crippen molar-refractivity contribution in [3.63, 3.8) is 0 Å². The first kappa shape index (κ1) is 21.4. The number of nitrogens with zero attached hydrogens (tertiary/aromatic N) is 2. The summed E-state index contributed by atoms with van der Waals surface area (Å²) < 4.78 is 0. The van der Waals surface area contributed by atoms with Crippen LogP contribution in [0.5, 0.6) is 0 Å². The summed E-state index contributed by atoms with van der Waals surface area (Å²) in [4.78, 5) is 7.00. The molecule has 1 aliphatic heterocycles. The molecule has 176 valence electrons. The Morgan fingerprint density at radius 3 is 2.14 bits per heavy atom. The van der Waals surface area contributed by atoms with Gasteiger partial charge in [-0.1, -0.05) is 78.9 Å². The zero-order chi connectivity index (χ0) is 24.6. The van der Waals surface area contributed by atoms with Crippen molar-refractivity contribution in [1.29, 1.82) is 0 Å². The van der Waals surface area contributed by atoms with Crippen molar-refractivity contribution in [2.45, 2.75) is 6.54 Å². The third-order valence-corrected chi connectivity index (χ3v) is 7.13. The highest BCUT2D eigenvalue weighted by molar-refractivity contribution is 6.07. The second-order valence-electron chi connectivity index (χ2n) is 9.44. The SMILES string of the molecule is C1=Nc2ccc3cc4cccc(Nc5ccc(-c6ccccc6)cc5)c4cc3c2CN1c1ccccc1. The molecule has 0 spiro atoms.